The molecule has 0 amide bonds. The standard InChI is InChI=1S/C38H34N4/c1-5-6-9-29-24-42(37-19-15-28(20-33(29)37)36(40)23-41-25(2)22-39)30-16-12-26(13-17-30)27-14-18-32-31-10-7-8-11-34(31)38(3,4)35(32)21-27/h5-24,39H,1,40H2,2-4H3/b9-6-,36-23-,39-22?,41-25?. The Morgan fingerprint density at radius 1 is 0.905 bits per heavy atom. The Bertz CT molecular complexity index is 1950. The quantitative estimate of drug-likeness (QED) is 0.155. The van der Waals surface area contributed by atoms with E-state index in [-0.39, 0.29) is 5.41 Å². The number of rotatable bonds is 7. The Balaban J connectivity index is 1.37. The summed E-state index contributed by atoms with van der Waals surface area (Å²) in [6.45, 7) is 10.2. The molecule has 3 N–H and O–H groups in total. The van der Waals surface area contributed by atoms with Crippen molar-refractivity contribution >= 4 is 34.6 Å². The van der Waals surface area contributed by atoms with Crippen LogP contribution in [0.2, 0.25) is 0 Å². The molecule has 0 aliphatic heterocycles. The molecule has 4 nitrogen and oxygen atoms in total. The minimum atomic E-state index is -0.0238. The summed E-state index contributed by atoms with van der Waals surface area (Å²) >= 11 is 0. The van der Waals surface area contributed by atoms with Gasteiger partial charge in [0.2, 0.25) is 0 Å². The van der Waals surface area contributed by atoms with Gasteiger partial charge in [-0.05, 0) is 76.2 Å². The number of aliphatic imine (C=N–C) groups is 1. The van der Waals surface area contributed by atoms with Gasteiger partial charge in [0.25, 0.3) is 0 Å². The summed E-state index contributed by atoms with van der Waals surface area (Å²) in [5.74, 6) is 0. The lowest BCUT2D eigenvalue weighted by Gasteiger charge is -2.22. The van der Waals surface area contributed by atoms with Gasteiger partial charge in [0.05, 0.1) is 23.1 Å². The number of fused-ring (bicyclic) bond motifs is 4. The van der Waals surface area contributed by atoms with E-state index in [9.17, 15) is 0 Å². The fourth-order valence-electron chi connectivity index (χ4n) is 5.93. The highest BCUT2D eigenvalue weighted by atomic mass is 15.0. The first-order chi connectivity index (χ1) is 20.3. The second-order valence-corrected chi connectivity index (χ2v) is 11.3. The minimum Gasteiger partial charge on any atom is -0.397 e. The normalized spacial score (nSPS) is 14.3. The maximum absolute atomic E-state index is 7.33. The number of allylic oxidation sites excluding steroid dienone is 2. The second kappa shape index (κ2) is 10.6. The van der Waals surface area contributed by atoms with Crippen molar-refractivity contribution in [2.24, 2.45) is 10.7 Å². The molecule has 0 saturated heterocycles. The van der Waals surface area contributed by atoms with Gasteiger partial charge in [-0.15, -0.1) is 0 Å². The van der Waals surface area contributed by atoms with E-state index in [4.69, 9.17) is 11.1 Å². The molecule has 4 aromatic carbocycles. The molecule has 0 fully saturated rings. The molecule has 5 aromatic rings. The molecular weight excluding hydrogens is 512 g/mol. The monoisotopic (exact) mass is 546 g/mol. The maximum Gasteiger partial charge on any atom is 0.0573 e. The van der Waals surface area contributed by atoms with Gasteiger partial charge in [0, 0.05) is 34.5 Å². The van der Waals surface area contributed by atoms with Gasteiger partial charge in [-0.25, -0.2) is 0 Å². The summed E-state index contributed by atoms with van der Waals surface area (Å²) in [7, 11) is 0. The van der Waals surface area contributed by atoms with E-state index < -0.39 is 0 Å². The highest BCUT2D eigenvalue weighted by Crippen LogP contribution is 2.49. The summed E-state index contributed by atoms with van der Waals surface area (Å²) in [5.41, 5.74) is 19.4. The number of hydrogen-bond donors (Lipinski definition) is 2. The molecule has 1 aromatic heterocycles. The third-order valence-electron chi connectivity index (χ3n) is 8.26. The highest BCUT2D eigenvalue weighted by molar-refractivity contribution is 6.28. The summed E-state index contributed by atoms with van der Waals surface area (Å²) < 4.78 is 2.21. The van der Waals surface area contributed by atoms with E-state index in [2.05, 4.69) is 121 Å². The third-order valence-corrected chi connectivity index (χ3v) is 8.26. The van der Waals surface area contributed by atoms with Crippen molar-refractivity contribution in [2.75, 3.05) is 0 Å². The van der Waals surface area contributed by atoms with Crippen LogP contribution in [0.1, 0.15) is 43.0 Å². The first-order valence-electron chi connectivity index (χ1n) is 14.1. The fourth-order valence-corrected chi connectivity index (χ4v) is 5.93. The van der Waals surface area contributed by atoms with Crippen LogP contribution in [0.3, 0.4) is 0 Å². The first kappa shape index (κ1) is 27.0. The Morgan fingerprint density at radius 3 is 2.40 bits per heavy atom. The van der Waals surface area contributed by atoms with Crippen LogP contribution in [0.25, 0.3) is 50.6 Å². The van der Waals surface area contributed by atoms with Crippen LogP contribution < -0.4 is 5.73 Å². The first-order valence-corrected chi connectivity index (χ1v) is 14.1. The summed E-state index contributed by atoms with van der Waals surface area (Å²) in [6, 6.07) is 30.6. The second-order valence-electron chi connectivity index (χ2n) is 11.3. The van der Waals surface area contributed by atoms with Crippen LogP contribution in [0.15, 0.2) is 121 Å². The SMILES string of the molecule is C=C/C=C\c1cn(-c2ccc(-c3ccc4c(c3)C(C)(C)c3ccccc3-4)cc2)c2ccc(/C(N)=C/N=C(C)C=N)cc12. The van der Waals surface area contributed by atoms with Gasteiger partial charge in [0.15, 0.2) is 0 Å². The molecule has 6 rings (SSSR count). The van der Waals surface area contributed by atoms with Crippen molar-refractivity contribution in [3.63, 3.8) is 0 Å². The zero-order valence-electron chi connectivity index (χ0n) is 24.2. The van der Waals surface area contributed by atoms with Crippen molar-refractivity contribution in [1.82, 2.24) is 4.57 Å². The van der Waals surface area contributed by atoms with E-state index in [1.807, 2.05) is 12.1 Å². The molecule has 0 saturated carbocycles. The smallest absolute Gasteiger partial charge is 0.0573 e. The van der Waals surface area contributed by atoms with Crippen LogP contribution in [0.5, 0.6) is 0 Å². The minimum absolute atomic E-state index is 0.0238. The molecular formula is C38H34N4. The summed E-state index contributed by atoms with van der Waals surface area (Å²) in [5, 5.41) is 8.41. The van der Waals surface area contributed by atoms with Crippen molar-refractivity contribution in [3.8, 4) is 27.9 Å². The zero-order valence-corrected chi connectivity index (χ0v) is 24.2. The van der Waals surface area contributed by atoms with E-state index in [0.717, 1.165) is 27.7 Å². The van der Waals surface area contributed by atoms with E-state index in [0.29, 0.717) is 11.4 Å². The average Bonchev–Trinajstić information content (AvgIpc) is 3.50. The third kappa shape index (κ3) is 4.61. The van der Waals surface area contributed by atoms with E-state index in [1.54, 1.807) is 19.2 Å². The van der Waals surface area contributed by atoms with Gasteiger partial charge in [-0.2, -0.15) is 0 Å². The Morgan fingerprint density at radius 2 is 1.64 bits per heavy atom. The van der Waals surface area contributed by atoms with E-state index >= 15 is 0 Å². The van der Waals surface area contributed by atoms with Crippen molar-refractivity contribution in [2.45, 2.75) is 26.2 Å². The predicted octanol–water partition coefficient (Wildman–Crippen LogP) is 9.17. The molecule has 1 aliphatic carbocycles. The predicted molar refractivity (Wildman–Crippen MR) is 180 cm³/mol. The maximum atomic E-state index is 7.33. The molecule has 0 unspecified atom stereocenters. The molecule has 42 heavy (non-hydrogen) atoms. The van der Waals surface area contributed by atoms with Crippen LogP contribution in [0.4, 0.5) is 0 Å². The molecule has 0 spiro atoms. The lowest BCUT2D eigenvalue weighted by atomic mass is 9.81. The number of nitrogens with zero attached hydrogens (tertiary/aromatic N) is 2. The van der Waals surface area contributed by atoms with Gasteiger partial charge in [-0.1, -0.05) is 93.3 Å². The number of nitrogens with one attached hydrogen (secondary N) is 1. The largest absolute Gasteiger partial charge is 0.397 e. The van der Waals surface area contributed by atoms with Gasteiger partial charge in [0.1, 0.15) is 0 Å². The van der Waals surface area contributed by atoms with Crippen LogP contribution >= 0.6 is 0 Å². The van der Waals surface area contributed by atoms with Gasteiger partial charge >= 0.3 is 0 Å². The molecule has 0 radical (unpaired) electrons. The van der Waals surface area contributed by atoms with Crippen LogP contribution in [-0.2, 0) is 5.41 Å². The lowest BCUT2D eigenvalue weighted by Crippen LogP contribution is -2.14. The van der Waals surface area contributed by atoms with Crippen LogP contribution in [-0.4, -0.2) is 16.5 Å². The fraction of sp³-hybridized carbons (Fsp3) is 0.105. The van der Waals surface area contributed by atoms with Gasteiger partial charge < -0.3 is 15.7 Å². The molecule has 1 heterocycles. The van der Waals surface area contributed by atoms with Crippen molar-refractivity contribution in [1.29, 1.82) is 5.41 Å². The number of nitrogens with two attached hydrogens (primary N) is 1. The Labute approximate surface area is 247 Å². The van der Waals surface area contributed by atoms with Crippen molar-refractivity contribution < 1.29 is 0 Å². The lowest BCUT2D eigenvalue weighted by molar-refractivity contribution is 0.660. The van der Waals surface area contributed by atoms with E-state index in [1.165, 1.54) is 39.6 Å². The Hall–Kier alpha value is -5.22. The Kier molecular flexibility index (Phi) is 6.83. The number of benzene rings is 4. The molecule has 0 atom stereocenters. The molecule has 4 heteroatoms. The highest BCUT2D eigenvalue weighted by Gasteiger charge is 2.35. The van der Waals surface area contributed by atoms with Crippen LogP contribution in [0, 0.1) is 5.41 Å². The van der Waals surface area contributed by atoms with Gasteiger partial charge in [-0.3, -0.25) is 4.99 Å². The summed E-state index contributed by atoms with van der Waals surface area (Å²) in [4.78, 5) is 4.25. The van der Waals surface area contributed by atoms with Crippen molar-refractivity contribution in [3.05, 3.63) is 138 Å². The average molecular weight is 547 g/mol. The number of hydrogen-bond acceptors (Lipinski definition) is 3. The molecule has 1 aliphatic rings. The topological polar surface area (TPSA) is 67.2 Å². The summed E-state index contributed by atoms with van der Waals surface area (Å²) in [6.07, 6.45) is 10.7. The number of aromatic nitrogens is 1. The molecule has 0 bridgehead atoms. The zero-order chi connectivity index (χ0) is 29.4. The molecule has 206 valence electrons.